The maximum Gasteiger partial charge on any atom is 0.255 e. The standard InChI is InChI=1S/C16H16N2OS/c1-11-4-2-3-5-14(11)16(19)18-13-8-6-12(7-9-13)10-15(17)20/h2-9H,10H2,1H3,(H2,17,20)(H,18,19). The lowest BCUT2D eigenvalue weighted by Crippen LogP contribution is -2.13. The number of amides is 1. The van der Waals surface area contributed by atoms with Crippen LogP contribution in [0.1, 0.15) is 21.5 Å². The molecule has 20 heavy (non-hydrogen) atoms. The van der Waals surface area contributed by atoms with Crippen molar-refractivity contribution in [1.29, 1.82) is 0 Å². The summed E-state index contributed by atoms with van der Waals surface area (Å²) in [5.74, 6) is -0.106. The molecular formula is C16H16N2OS. The van der Waals surface area contributed by atoms with Crippen LogP contribution in [0.15, 0.2) is 48.5 Å². The van der Waals surface area contributed by atoms with Gasteiger partial charge in [-0.2, -0.15) is 0 Å². The summed E-state index contributed by atoms with van der Waals surface area (Å²) in [4.78, 5) is 12.6. The van der Waals surface area contributed by atoms with Crippen molar-refractivity contribution in [1.82, 2.24) is 0 Å². The van der Waals surface area contributed by atoms with E-state index in [1.54, 1.807) is 0 Å². The minimum atomic E-state index is -0.106. The lowest BCUT2D eigenvalue weighted by atomic mass is 10.1. The number of benzene rings is 2. The lowest BCUT2D eigenvalue weighted by molar-refractivity contribution is 0.102. The summed E-state index contributed by atoms with van der Waals surface area (Å²) in [5, 5.41) is 2.88. The number of hydrogen-bond donors (Lipinski definition) is 2. The van der Waals surface area contributed by atoms with E-state index in [0.29, 0.717) is 17.0 Å². The fourth-order valence-corrected chi connectivity index (χ4v) is 2.10. The van der Waals surface area contributed by atoms with Crippen LogP contribution in [-0.4, -0.2) is 10.9 Å². The van der Waals surface area contributed by atoms with Crippen molar-refractivity contribution in [3.8, 4) is 0 Å². The Morgan fingerprint density at radius 3 is 2.40 bits per heavy atom. The number of aryl methyl sites for hydroxylation is 1. The fraction of sp³-hybridized carbons (Fsp3) is 0.125. The first-order chi connectivity index (χ1) is 9.56. The number of carbonyl (C=O) groups excluding carboxylic acids is 1. The first-order valence-corrected chi connectivity index (χ1v) is 6.71. The molecule has 2 aromatic rings. The largest absolute Gasteiger partial charge is 0.393 e. The molecule has 3 N–H and O–H groups in total. The molecule has 0 aromatic heterocycles. The fourth-order valence-electron chi connectivity index (χ4n) is 1.93. The molecule has 0 saturated carbocycles. The van der Waals surface area contributed by atoms with Gasteiger partial charge < -0.3 is 11.1 Å². The molecule has 0 radical (unpaired) electrons. The third-order valence-electron chi connectivity index (χ3n) is 2.98. The Labute approximate surface area is 123 Å². The van der Waals surface area contributed by atoms with Gasteiger partial charge in [-0.15, -0.1) is 0 Å². The molecule has 0 atom stereocenters. The van der Waals surface area contributed by atoms with Gasteiger partial charge in [-0.1, -0.05) is 42.5 Å². The first kappa shape index (κ1) is 14.2. The molecular weight excluding hydrogens is 268 g/mol. The number of anilines is 1. The summed E-state index contributed by atoms with van der Waals surface area (Å²) in [7, 11) is 0. The van der Waals surface area contributed by atoms with E-state index in [4.69, 9.17) is 18.0 Å². The Morgan fingerprint density at radius 2 is 1.80 bits per heavy atom. The molecule has 1 amide bonds. The predicted molar refractivity (Wildman–Crippen MR) is 86.1 cm³/mol. The van der Waals surface area contributed by atoms with E-state index >= 15 is 0 Å². The summed E-state index contributed by atoms with van der Waals surface area (Å²) in [6.45, 7) is 1.92. The van der Waals surface area contributed by atoms with E-state index in [0.717, 1.165) is 16.8 Å². The van der Waals surface area contributed by atoms with Crippen LogP contribution in [0.25, 0.3) is 0 Å². The number of rotatable bonds is 4. The van der Waals surface area contributed by atoms with Gasteiger partial charge in [0.05, 0.1) is 4.99 Å². The Morgan fingerprint density at radius 1 is 1.15 bits per heavy atom. The zero-order chi connectivity index (χ0) is 14.5. The van der Waals surface area contributed by atoms with E-state index in [2.05, 4.69) is 5.32 Å². The Kier molecular flexibility index (Phi) is 4.48. The van der Waals surface area contributed by atoms with E-state index < -0.39 is 0 Å². The highest BCUT2D eigenvalue weighted by Gasteiger charge is 2.08. The summed E-state index contributed by atoms with van der Waals surface area (Å²) < 4.78 is 0. The highest BCUT2D eigenvalue weighted by molar-refractivity contribution is 7.80. The highest BCUT2D eigenvalue weighted by atomic mass is 32.1. The number of nitrogens with one attached hydrogen (secondary N) is 1. The minimum absolute atomic E-state index is 0.106. The van der Waals surface area contributed by atoms with Crippen molar-refractivity contribution in [2.45, 2.75) is 13.3 Å². The number of carbonyl (C=O) groups is 1. The third-order valence-corrected chi connectivity index (χ3v) is 3.12. The summed E-state index contributed by atoms with van der Waals surface area (Å²) in [6, 6.07) is 15.0. The molecule has 0 aliphatic carbocycles. The Bertz CT molecular complexity index is 635. The van der Waals surface area contributed by atoms with Crippen LogP contribution in [0, 0.1) is 6.92 Å². The normalized spacial score (nSPS) is 10.1. The minimum Gasteiger partial charge on any atom is -0.393 e. The van der Waals surface area contributed by atoms with Crippen LogP contribution in [0.5, 0.6) is 0 Å². The van der Waals surface area contributed by atoms with E-state index in [1.165, 1.54) is 0 Å². The molecule has 0 bridgehead atoms. The monoisotopic (exact) mass is 284 g/mol. The zero-order valence-corrected chi connectivity index (χ0v) is 12.0. The highest BCUT2D eigenvalue weighted by Crippen LogP contribution is 2.13. The molecule has 0 fully saturated rings. The first-order valence-electron chi connectivity index (χ1n) is 6.30. The Balaban J connectivity index is 2.09. The van der Waals surface area contributed by atoms with Crippen LogP contribution in [-0.2, 0) is 6.42 Å². The zero-order valence-electron chi connectivity index (χ0n) is 11.2. The molecule has 2 aromatic carbocycles. The molecule has 0 heterocycles. The second-order valence-corrected chi connectivity index (χ2v) is 5.13. The van der Waals surface area contributed by atoms with Crippen molar-refractivity contribution in [2.24, 2.45) is 5.73 Å². The smallest absolute Gasteiger partial charge is 0.255 e. The quantitative estimate of drug-likeness (QED) is 0.848. The molecule has 0 aliphatic heterocycles. The SMILES string of the molecule is Cc1ccccc1C(=O)Nc1ccc(CC(N)=S)cc1. The molecule has 102 valence electrons. The van der Waals surface area contributed by atoms with Gasteiger partial charge >= 0.3 is 0 Å². The maximum atomic E-state index is 12.1. The van der Waals surface area contributed by atoms with E-state index in [-0.39, 0.29) is 5.91 Å². The molecule has 2 rings (SSSR count). The number of nitrogens with two attached hydrogens (primary N) is 1. The lowest BCUT2D eigenvalue weighted by Gasteiger charge is -2.08. The Hall–Kier alpha value is -2.20. The van der Waals surface area contributed by atoms with Gasteiger partial charge in [-0.3, -0.25) is 4.79 Å². The van der Waals surface area contributed by atoms with Crippen LogP contribution < -0.4 is 11.1 Å². The van der Waals surface area contributed by atoms with E-state index in [9.17, 15) is 4.79 Å². The topological polar surface area (TPSA) is 55.1 Å². The van der Waals surface area contributed by atoms with E-state index in [1.807, 2.05) is 55.5 Å². The number of hydrogen-bond acceptors (Lipinski definition) is 2. The van der Waals surface area contributed by atoms with Crippen molar-refractivity contribution in [3.05, 3.63) is 65.2 Å². The molecule has 0 unspecified atom stereocenters. The average Bonchev–Trinajstić information content (AvgIpc) is 2.41. The van der Waals surface area contributed by atoms with Gasteiger partial charge in [0.2, 0.25) is 0 Å². The van der Waals surface area contributed by atoms with Crippen LogP contribution >= 0.6 is 12.2 Å². The van der Waals surface area contributed by atoms with Crippen molar-refractivity contribution in [3.63, 3.8) is 0 Å². The van der Waals surface area contributed by atoms with Crippen molar-refractivity contribution in [2.75, 3.05) is 5.32 Å². The van der Waals surface area contributed by atoms with Crippen LogP contribution in [0.3, 0.4) is 0 Å². The summed E-state index contributed by atoms with van der Waals surface area (Å²) in [6.07, 6.45) is 0.571. The van der Waals surface area contributed by atoms with Gasteiger partial charge in [0.25, 0.3) is 5.91 Å². The van der Waals surface area contributed by atoms with Gasteiger partial charge in [-0.05, 0) is 36.2 Å². The van der Waals surface area contributed by atoms with Crippen LogP contribution in [0.2, 0.25) is 0 Å². The molecule has 0 spiro atoms. The predicted octanol–water partition coefficient (Wildman–Crippen LogP) is 3.08. The summed E-state index contributed by atoms with van der Waals surface area (Å²) >= 11 is 4.87. The third kappa shape index (κ3) is 3.65. The molecule has 0 aliphatic rings. The maximum absolute atomic E-state index is 12.1. The second-order valence-electron chi connectivity index (χ2n) is 4.61. The molecule has 3 nitrogen and oxygen atoms in total. The van der Waals surface area contributed by atoms with Crippen molar-refractivity contribution < 1.29 is 4.79 Å². The van der Waals surface area contributed by atoms with Gasteiger partial charge in [0, 0.05) is 17.7 Å². The summed E-state index contributed by atoms with van der Waals surface area (Å²) in [5.41, 5.74) is 8.92. The molecule has 0 saturated heterocycles. The second kappa shape index (κ2) is 6.30. The van der Waals surface area contributed by atoms with Crippen LogP contribution in [0.4, 0.5) is 5.69 Å². The average molecular weight is 284 g/mol. The van der Waals surface area contributed by atoms with Gasteiger partial charge in [-0.25, -0.2) is 0 Å². The van der Waals surface area contributed by atoms with Gasteiger partial charge in [0.1, 0.15) is 0 Å². The number of thiocarbonyl (C=S) groups is 1. The van der Waals surface area contributed by atoms with Gasteiger partial charge in [0.15, 0.2) is 0 Å². The van der Waals surface area contributed by atoms with Crippen molar-refractivity contribution >= 4 is 28.8 Å². The molecule has 4 heteroatoms.